The second-order valence-corrected chi connectivity index (χ2v) is 7.90. The van der Waals surface area contributed by atoms with Gasteiger partial charge in [-0.3, -0.25) is 9.59 Å². The summed E-state index contributed by atoms with van der Waals surface area (Å²) < 4.78 is 57.4. The highest BCUT2D eigenvalue weighted by molar-refractivity contribution is 8.14. The van der Waals surface area contributed by atoms with Crippen molar-refractivity contribution in [2.75, 3.05) is 0 Å². The molecule has 0 atom stereocenters. The predicted octanol–water partition coefficient (Wildman–Crippen LogP) is 6.30. The van der Waals surface area contributed by atoms with Crippen molar-refractivity contribution < 1.29 is 27.2 Å². The van der Waals surface area contributed by atoms with Gasteiger partial charge in [-0.05, 0) is 78.3 Å². The van der Waals surface area contributed by atoms with E-state index in [0.29, 0.717) is 23.5 Å². The molecular formula is C20H14F4O2S2. The van der Waals surface area contributed by atoms with Crippen LogP contribution in [0.25, 0.3) is 11.1 Å². The Labute approximate surface area is 167 Å². The summed E-state index contributed by atoms with van der Waals surface area (Å²) in [6.07, 6.45) is 0. The summed E-state index contributed by atoms with van der Waals surface area (Å²) in [7, 11) is 0. The standard InChI is InChI=1S/C20H14F4O2S2/c1-9(2)19(25)27-12-7-13(21)17(14(22)8-12)11-5-15(23)18(16(24)6-11)28-20(26)10(3)4/h5-8H,1,3H2,2,4H3. The SMILES string of the molecule is C=C(C)C(=O)Sc1cc(F)c(-c2cc(F)c(SC(=O)C(=C)C)c(F)c2)c(F)c1. The lowest BCUT2D eigenvalue weighted by atomic mass is 10.0. The lowest BCUT2D eigenvalue weighted by Crippen LogP contribution is -1.99. The number of benzene rings is 2. The highest BCUT2D eigenvalue weighted by Gasteiger charge is 2.21. The van der Waals surface area contributed by atoms with Crippen molar-refractivity contribution in [3.8, 4) is 11.1 Å². The fourth-order valence-electron chi connectivity index (χ4n) is 2.06. The van der Waals surface area contributed by atoms with E-state index in [4.69, 9.17) is 0 Å². The van der Waals surface area contributed by atoms with Gasteiger partial charge >= 0.3 is 0 Å². The van der Waals surface area contributed by atoms with E-state index in [2.05, 4.69) is 13.2 Å². The van der Waals surface area contributed by atoms with Crippen molar-refractivity contribution in [3.63, 3.8) is 0 Å². The van der Waals surface area contributed by atoms with E-state index in [-0.39, 0.29) is 21.6 Å². The van der Waals surface area contributed by atoms with Gasteiger partial charge in [0.2, 0.25) is 10.2 Å². The van der Waals surface area contributed by atoms with Crippen LogP contribution in [0.15, 0.2) is 58.4 Å². The highest BCUT2D eigenvalue weighted by Crippen LogP contribution is 2.35. The second kappa shape index (κ2) is 8.79. The third-order valence-corrected chi connectivity index (χ3v) is 5.54. The maximum Gasteiger partial charge on any atom is 0.219 e. The van der Waals surface area contributed by atoms with Gasteiger partial charge in [-0.25, -0.2) is 17.6 Å². The van der Waals surface area contributed by atoms with Gasteiger partial charge in [0.05, 0.1) is 10.5 Å². The summed E-state index contributed by atoms with van der Waals surface area (Å²) >= 11 is 0.891. The zero-order valence-corrected chi connectivity index (χ0v) is 16.5. The summed E-state index contributed by atoms with van der Waals surface area (Å²) in [5, 5.41) is -1.10. The second-order valence-electron chi connectivity index (χ2n) is 5.87. The highest BCUT2D eigenvalue weighted by atomic mass is 32.2. The van der Waals surface area contributed by atoms with Crippen molar-refractivity contribution >= 4 is 33.8 Å². The molecule has 146 valence electrons. The quantitative estimate of drug-likeness (QED) is 0.319. The van der Waals surface area contributed by atoms with Crippen molar-refractivity contribution in [3.05, 3.63) is 71.8 Å². The first-order valence-electron chi connectivity index (χ1n) is 7.75. The summed E-state index contributed by atoms with van der Waals surface area (Å²) in [4.78, 5) is 22.7. The molecule has 2 aromatic rings. The number of thioether (sulfide) groups is 2. The Morgan fingerprint density at radius 1 is 0.750 bits per heavy atom. The van der Waals surface area contributed by atoms with Crippen LogP contribution in [-0.2, 0) is 9.59 Å². The number of carbonyl (C=O) groups excluding carboxylic acids is 2. The van der Waals surface area contributed by atoms with E-state index < -0.39 is 44.0 Å². The predicted molar refractivity (Wildman–Crippen MR) is 103 cm³/mol. The van der Waals surface area contributed by atoms with E-state index >= 15 is 0 Å². The average molecular weight is 426 g/mol. The van der Waals surface area contributed by atoms with Gasteiger partial charge in [0.1, 0.15) is 23.3 Å². The Kier molecular flexibility index (Phi) is 6.90. The Balaban J connectivity index is 2.45. The van der Waals surface area contributed by atoms with Crippen LogP contribution < -0.4 is 0 Å². The number of carbonyl (C=O) groups is 2. The van der Waals surface area contributed by atoms with Gasteiger partial charge in [-0.2, -0.15) is 0 Å². The van der Waals surface area contributed by atoms with Crippen LogP contribution in [-0.4, -0.2) is 10.2 Å². The molecule has 0 unspecified atom stereocenters. The molecule has 0 heterocycles. The van der Waals surface area contributed by atoms with E-state index in [1.54, 1.807) is 0 Å². The molecule has 0 aliphatic carbocycles. The van der Waals surface area contributed by atoms with Crippen LogP contribution in [0.3, 0.4) is 0 Å². The van der Waals surface area contributed by atoms with Gasteiger partial charge in [0.15, 0.2) is 0 Å². The summed E-state index contributed by atoms with van der Waals surface area (Å²) in [6, 6.07) is 3.27. The maximum atomic E-state index is 14.4. The normalized spacial score (nSPS) is 10.6. The van der Waals surface area contributed by atoms with Crippen LogP contribution in [0.4, 0.5) is 17.6 Å². The minimum atomic E-state index is -1.13. The molecule has 28 heavy (non-hydrogen) atoms. The van der Waals surface area contributed by atoms with Crippen molar-refractivity contribution in [1.82, 2.24) is 0 Å². The van der Waals surface area contributed by atoms with Crippen molar-refractivity contribution in [2.45, 2.75) is 23.6 Å². The molecule has 0 spiro atoms. The molecule has 0 fully saturated rings. The summed E-state index contributed by atoms with van der Waals surface area (Å²) in [5.74, 6) is -4.45. The van der Waals surface area contributed by atoms with E-state index in [1.165, 1.54) is 13.8 Å². The van der Waals surface area contributed by atoms with Crippen LogP contribution in [0.2, 0.25) is 0 Å². The molecule has 2 rings (SSSR count). The van der Waals surface area contributed by atoms with Gasteiger partial charge < -0.3 is 0 Å². The number of halogens is 4. The lowest BCUT2D eigenvalue weighted by Gasteiger charge is -2.11. The Hall–Kier alpha value is -2.32. The van der Waals surface area contributed by atoms with E-state index in [1.807, 2.05) is 0 Å². The van der Waals surface area contributed by atoms with Gasteiger partial charge in [-0.15, -0.1) is 0 Å². The fourth-order valence-corrected chi connectivity index (χ4v) is 3.45. The molecule has 0 amide bonds. The zero-order valence-electron chi connectivity index (χ0n) is 14.9. The zero-order chi connectivity index (χ0) is 21.2. The molecule has 0 aromatic heterocycles. The molecule has 2 aromatic carbocycles. The Morgan fingerprint density at radius 3 is 1.61 bits per heavy atom. The molecule has 0 bridgehead atoms. The topological polar surface area (TPSA) is 34.1 Å². The monoisotopic (exact) mass is 426 g/mol. The smallest absolute Gasteiger partial charge is 0.219 e. The first-order valence-corrected chi connectivity index (χ1v) is 9.38. The van der Waals surface area contributed by atoms with E-state index in [0.717, 1.165) is 24.3 Å². The molecule has 0 aliphatic rings. The van der Waals surface area contributed by atoms with Crippen LogP contribution in [0.1, 0.15) is 13.8 Å². The molecule has 0 saturated carbocycles. The third kappa shape index (κ3) is 4.94. The minimum Gasteiger partial charge on any atom is -0.282 e. The molecule has 0 N–H and O–H groups in total. The summed E-state index contributed by atoms with van der Waals surface area (Å²) in [6.45, 7) is 9.69. The third-order valence-electron chi connectivity index (χ3n) is 3.40. The molecule has 0 aliphatic heterocycles. The molecule has 0 radical (unpaired) electrons. The molecule has 8 heteroatoms. The first kappa shape index (κ1) is 22.0. The number of hydrogen-bond donors (Lipinski definition) is 0. The Morgan fingerprint density at radius 2 is 1.18 bits per heavy atom. The van der Waals surface area contributed by atoms with E-state index in [9.17, 15) is 27.2 Å². The van der Waals surface area contributed by atoms with Crippen LogP contribution in [0, 0.1) is 23.3 Å². The minimum absolute atomic E-state index is 0.00748. The van der Waals surface area contributed by atoms with Crippen LogP contribution in [0.5, 0.6) is 0 Å². The largest absolute Gasteiger partial charge is 0.282 e. The fraction of sp³-hybridized carbons (Fsp3) is 0.100. The average Bonchev–Trinajstić information content (AvgIpc) is 2.57. The van der Waals surface area contributed by atoms with Crippen LogP contribution >= 0.6 is 23.5 Å². The lowest BCUT2D eigenvalue weighted by molar-refractivity contribution is -0.108. The van der Waals surface area contributed by atoms with Gasteiger partial charge in [0, 0.05) is 4.90 Å². The maximum absolute atomic E-state index is 14.4. The Bertz CT molecular complexity index is 969. The molecular weight excluding hydrogens is 412 g/mol. The first-order chi connectivity index (χ1) is 13.0. The van der Waals surface area contributed by atoms with Gasteiger partial charge in [-0.1, -0.05) is 13.2 Å². The molecule has 0 saturated heterocycles. The summed E-state index contributed by atoms with van der Waals surface area (Å²) in [5.41, 5.74) is -0.716. The number of rotatable bonds is 5. The molecule has 2 nitrogen and oxygen atoms in total. The van der Waals surface area contributed by atoms with Gasteiger partial charge in [0.25, 0.3) is 0 Å². The van der Waals surface area contributed by atoms with Crippen molar-refractivity contribution in [2.24, 2.45) is 0 Å². The van der Waals surface area contributed by atoms with Crippen molar-refractivity contribution in [1.29, 1.82) is 0 Å². The number of hydrogen-bond acceptors (Lipinski definition) is 4.